The second-order valence-electron chi connectivity index (χ2n) is 4.12. The minimum atomic E-state index is -0.195. The zero-order chi connectivity index (χ0) is 11.4. The summed E-state index contributed by atoms with van der Waals surface area (Å²) in [6.45, 7) is 2.01. The van der Waals surface area contributed by atoms with E-state index in [1.807, 2.05) is 31.5 Å². The van der Waals surface area contributed by atoms with Crippen molar-refractivity contribution in [2.24, 2.45) is 0 Å². The van der Waals surface area contributed by atoms with Gasteiger partial charge in [0.25, 0.3) is 0 Å². The van der Waals surface area contributed by atoms with Gasteiger partial charge in [0.15, 0.2) is 0 Å². The highest BCUT2D eigenvalue weighted by molar-refractivity contribution is 5.84. The third-order valence-corrected chi connectivity index (χ3v) is 2.97. The summed E-state index contributed by atoms with van der Waals surface area (Å²) < 4.78 is 0. The Morgan fingerprint density at radius 3 is 2.88 bits per heavy atom. The van der Waals surface area contributed by atoms with Gasteiger partial charge in [-0.2, -0.15) is 0 Å². The van der Waals surface area contributed by atoms with E-state index in [2.05, 4.69) is 17.1 Å². The van der Waals surface area contributed by atoms with Crippen LogP contribution in [0.1, 0.15) is 25.3 Å². The lowest BCUT2D eigenvalue weighted by atomic mass is 10.0. The number of aliphatic hydroxyl groups excluding tert-OH is 1. The highest BCUT2D eigenvalue weighted by Gasteiger charge is 2.04. The molecule has 0 radical (unpaired) electrons. The highest BCUT2D eigenvalue weighted by atomic mass is 16.3. The van der Waals surface area contributed by atoms with Crippen LogP contribution in [0.3, 0.4) is 0 Å². The molecule has 1 N–H and O–H groups in total. The predicted molar refractivity (Wildman–Crippen MR) is 66.4 cm³/mol. The molecular formula is C14H17NO. The Balaban J connectivity index is 2.23. The van der Waals surface area contributed by atoms with Gasteiger partial charge in [0, 0.05) is 17.8 Å². The van der Waals surface area contributed by atoms with Gasteiger partial charge in [-0.05, 0) is 30.2 Å². The Hall–Kier alpha value is -1.41. The molecule has 0 saturated heterocycles. The number of aromatic nitrogens is 1. The van der Waals surface area contributed by atoms with E-state index in [4.69, 9.17) is 0 Å². The Bertz CT molecular complexity index is 462. The van der Waals surface area contributed by atoms with Crippen LogP contribution < -0.4 is 0 Å². The van der Waals surface area contributed by atoms with Crippen molar-refractivity contribution in [2.45, 2.75) is 32.3 Å². The topological polar surface area (TPSA) is 33.1 Å². The third-order valence-electron chi connectivity index (χ3n) is 2.97. The lowest BCUT2D eigenvalue weighted by Gasteiger charge is -2.09. The first kappa shape index (κ1) is 11.1. The first-order chi connectivity index (χ1) is 7.81. The fourth-order valence-corrected chi connectivity index (χ4v) is 1.90. The molecule has 1 aromatic carbocycles. The number of rotatable bonds is 4. The predicted octanol–water partition coefficient (Wildman–Crippen LogP) is 2.94. The number of hydrogen-bond acceptors (Lipinski definition) is 2. The van der Waals surface area contributed by atoms with Crippen LogP contribution in [0.2, 0.25) is 0 Å². The molecule has 16 heavy (non-hydrogen) atoms. The summed E-state index contributed by atoms with van der Waals surface area (Å²) in [5.74, 6) is 0. The average molecular weight is 215 g/mol. The third kappa shape index (κ3) is 2.39. The summed E-state index contributed by atoms with van der Waals surface area (Å²) >= 11 is 0. The van der Waals surface area contributed by atoms with E-state index >= 15 is 0 Å². The Kier molecular flexibility index (Phi) is 3.52. The van der Waals surface area contributed by atoms with E-state index in [0.717, 1.165) is 19.3 Å². The van der Waals surface area contributed by atoms with Gasteiger partial charge in [0.1, 0.15) is 0 Å². The molecule has 0 amide bonds. The highest BCUT2D eigenvalue weighted by Crippen LogP contribution is 2.19. The SMILES string of the molecule is CCC(O)CCc1cncc2ccccc12. The maximum Gasteiger partial charge on any atom is 0.0540 e. The maximum absolute atomic E-state index is 9.57. The summed E-state index contributed by atoms with van der Waals surface area (Å²) in [5, 5.41) is 12.0. The number of aliphatic hydroxyl groups is 1. The van der Waals surface area contributed by atoms with E-state index in [0.29, 0.717) is 0 Å². The average Bonchev–Trinajstić information content (AvgIpc) is 2.35. The lowest BCUT2D eigenvalue weighted by molar-refractivity contribution is 0.161. The van der Waals surface area contributed by atoms with Crippen LogP contribution >= 0.6 is 0 Å². The van der Waals surface area contributed by atoms with E-state index in [1.165, 1.54) is 16.3 Å². The second-order valence-corrected chi connectivity index (χ2v) is 4.12. The van der Waals surface area contributed by atoms with Crippen LogP contribution in [0.4, 0.5) is 0 Å². The van der Waals surface area contributed by atoms with Crippen LogP contribution in [-0.2, 0) is 6.42 Å². The molecule has 0 aliphatic rings. The molecule has 1 heterocycles. The molecule has 2 aromatic rings. The molecule has 1 unspecified atom stereocenters. The number of benzene rings is 1. The molecule has 0 aliphatic carbocycles. The fraction of sp³-hybridized carbons (Fsp3) is 0.357. The molecule has 84 valence electrons. The van der Waals surface area contributed by atoms with Crippen LogP contribution in [0.25, 0.3) is 10.8 Å². The zero-order valence-electron chi connectivity index (χ0n) is 9.56. The summed E-state index contributed by atoms with van der Waals surface area (Å²) in [6, 6.07) is 8.25. The number of hydrogen-bond donors (Lipinski definition) is 1. The first-order valence-corrected chi connectivity index (χ1v) is 5.81. The molecule has 2 heteroatoms. The summed E-state index contributed by atoms with van der Waals surface area (Å²) in [5.41, 5.74) is 1.23. The number of nitrogens with zero attached hydrogens (tertiary/aromatic N) is 1. The van der Waals surface area contributed by atoms with Crippen molar-refractivity contribution in [2.75, 3.05) is 0 Å². The lowest BCUT2D eigenvalue weighted by Crippen LogP contribution is -2.06. The van der Waals surface area contributed by atoms with E-state index in [1.54, 1.807) is 0 Å². The van der Waals surface area contributed by atoms with Crippen molar-refractivity contribution in [3.05, 3.63) is 42.2 Å². The molecule has 1 aromatic heterocycles. The molecule has 0 spiro atoms. The van der Waals surface area contributed by atoms with Crippen molar-refractivity contribution >= 4 is 10.8 Å². The monoisotopic (exact) mass is 215 g/mol. The van der Waals surface area contributed by atoms with E-state index < -0.39 is 0 Å². The number of aryl methyl sites for hydroxylation is 1. The van der Waals surface area contributed by atoms with Crippen LogP contribution in [0, 0.1) is 0 Å². The quantitative estimate of drug-likeness (QED) is 0.850. The first-order valence-electron chi connectivity index (χ1n) is 5.81. The van der Waals surface area contributed by atoms with Crippen LogP contribution in [0.15, 0.2) is 36.7 Å². The molecule has 2 rings (SSSR count). The van der Waals surface area contributed by atoms with Gasteiger partial charge in [0.2, 0.25) is 0 Å². The molecule has 0 fully saturated rings. The summed E-state index contributed by atoms with van der Waals surface area (Å²) in [7, 11) is 0. The number of fused-ring (bicyclic) bond motifs is 1. The van der Waals surface area contributed by atoms with Gasteiger partial charge in [-0.3, -0.25) is 4.98 Å². The number of pyridine rings is 1. The standard InChI is InChI=1S/C14H17NO/c1-2-13(16)8-7-12-10-15-9-11-5-3-4-6-14(11)12/h3-6,9-10,13,16H,2,7-8H2,1H3. The van der Waals surface area contributed by atoms with Crippen LogP contribution in [0.5, 0.6) is 0 Å². The molecule has 0 bridgehead atoms. The van der Waals surface area contributed by atoms with Crippen LogP contribution in [-0.4, -0.2) is 16.2 Å². The van der Waals surface area contributed by atoms with E-state index in [9.17, 15) is 5.11 Å². The summed E-state index contributed by atoms with van der Waals surface area (Å²) in [6.07, 6.45) is 6.12. The van der Waals surface area contributed by atoms with Gasteiger partial charge in [0.05, 0.1) is 6.10 Å². The largest absolute Gasteiger partial charge is 0.393 e. The van der Waals surface area contributed by atoms with Gasteiger partial charge in [-0.15, -0.1) is 0 Å². The fourth-order valence-electron chi connectivity index (χ4n) is 1.90. The van der Waals surface area contributed by atoms with Gasteiger partial charge in [-0.25, -0.2) is 0 Å². The molecule has 1 atom stereocenters. The van der Waals surface area contributed by atoms with Crippen molar-refractivity contribution in [1.82, 2.24) is 4.98 Å². The van der Waals surface area contributed by atoms with Gasteiger partial charge < -0.3 is 5.11 Å². The molecular weight excluding hydrogens is 198 g/mol. The summed E-state index contributed by atoms with van der Waals surface area (Å²) in [4.78, 5) is 4.23. The van der Waals surface area contributed by atoms with Crippen molar-refractivity contribution in [3.8, 4) is 0 Å². The molecule has 0 saturated carbocycles. The molecule has 0 aliphatic heterocycles. The van der Waals surface area contributed by atoms with Crippen molar-refractivity contribution < 1.29 is 5.11 Å². The molecule has 2 nitrogen and oxygen atoms in total. The minimum Gasteiger partial charge on any atom is -0.393 e. The normalized spacial score (nSPS) is 12.9. The van der Waals surface area contributed by atoms with Gasteiger partial charge >= 0.3 is 0 Å². The second kappa shape index (κ2) is 5.08. The van der Waals surface area contributed by atoms with Crippen molar-refractivity contribution in [1.29, 1.82) is 0 Å². The van der Waals surface area contributed by atoms with E-state index in [-0.39, 0.29) is 6.10 Å². The zero-order valence-corrected chi connectivity index (χ0v) is 9.56. The Morgan fingerprint density at radius 2 is 2.06 bits per heavy atom. The Morgan fingerprint density at radius 1 is 1.25 bits per heavy atom. The Labute approximate surface area is 96.0 Å². The maximum atomic E-state index is 9.57. The van der Waals surface area contributed by atoms with Gasteiger partial charge in [-0.1, -0.05) is 31.2 Å². The van der Waals surface area contributed by atoms with Crippen molar-refractivity contribution in [3.63, 3.8) is 0 Å². The minimum absolute atomic E-state index is 0.195. The smallest absolute Gasteiger partial charge is 0.0540 e.